The Morgan fingerprint density at radius 2 is 2.27 bits per heavy atom. The Hall–Kier alpha value is -2.39. The van der Waals surface area contributed by atoms with Gasteiger partial charge in [0.05, 0.1) is 29.6 Å². The molecule has 0 amide bonds. The summed E-state index contributed by atoms with van der Waals surface area (Å²) in [7, 11) is 0. The number of hydrogen-bond donors (Lipinski definition) is 1. The van der Waals surface area contributed by atoms with E-state index >= 15 is 0 Å². The van der Waals surface area contributed by atoms with E-state index in [1.807, 2.05) is 6.92 Å². The molecule has 0 radical (unpaired) electrons. The predicted molar refractivity (Wildman–Crippen MR) is 84.0 cm³/mol. The van der Waals surface area contributed by atoms with Crippen molar-refractivity contribution in [2.24, 2.45) is 0 Å². The zero-order valence-corrected chi connectivity index (χ0v) is 13.3. The molecule has 2 rings (SSSR count). The maximum atomic E-state index is 12.4. The normalized spacial score (nSPS) is 10.2. The summed E-state index contributed by atoms with van der Waals surface area (Å²) in [4.78, 5) is 15.4. The highest BCUT2D eigenvalue weighted by Gasteiger charge is 2.25. The highest BCUT2D eigenvalue weighted by Crippen LogP contribution is 2.31. The van der Waals surface area contributed by atoms with Gasteiger partial charge in [0, 0.05) is 5.69 Å². The molecular formula is C16H16N2O3S. The molecular weight excluding hydrogens is 300 g/mol. The fourth-order valence-corrected chi connectivity index (χ4v) is 2.56. The number of aromatic amines is 1. The molecule has 0 spiro atoms. The third kappa shape index (κ3) is 2.95. The number of carbonyl (C=O) groups is 1. The first-order valence-electron chi connectivity index (χ1n) is 7.04. The van der Waals surface area contributed by atoms with Crippen LogP contribution < -0.4 is 0 Å². The van der Waals surface area contributed by atoms with Crippen molar-refractivity contribution in [3.63, 3.8) is 0 Å². The number of furan rings is 1. The summed E-state index contributed by atoms with van der Waals surface area (Å²) >= 11 is 5.25. The fraction of sp³-hybridized carbons (Fsp3) is 0.312. The summed E-state index contributed by atoms with van der Waals surface area (Å²) in [6.45, 7) is 3.98. The van der Waals surface area contributed by atoms with Crippen LogP contribution in [0.15, 0.2) is 22.8 Å². The smallest absolute Gasteiger partial charge is 0.340 e. The van der Waals surface area contributed by atoms with Gasteiger partial charge >= 0.3 is 5.97 Å². The second kappa shape index (κ2) is 7.05. The van der Waals surface area contributed by atoms with E-state index in [-0.39, 0.29) is 12.2 Å². The van der Waals surface area contributed by atoms with Crippen molar-refractivity contribution in [2.45, 2.75) is 26.7 Å². The van der Waals surface area contributed by atoms with Gasteiger partial charge in [-0.05, 0) is 25.5 Å². The van der Waals surface area contributed by atoms with Crippen molar-refractivity contribution in [3.8, 4) is 17.4 Å². The molecule has 2 aromatic heterocycles. The van der Waals surface area contributed by atoms with Crippen molar-refractivity contribution in [3.05, 3.63) is 39.9 Å². The molecule has 5 nitrogen and oxygen atoms in total. The van der Waals surface area contributed by atoms with Crippen LogP contribution in [0.3, 0.4) is 0 Å². The SMILES string of the molecule is CCCc1[nH]c(=S)c(C#N)c(-c2ccco2)c1C(=O)OCC. The molecule has 0 fully saturated rings. The van der Waals surface area contributed by atoms with E-state index in [4.69, 9.17) is 21.4 Å². The summed E-state index contributed by atoms with van der Waals surface area (Å²) in [5.41, 5.74) is 1.60. The molecule has 114 valence electrons. The number of aryl methyl sites for hydroxylation is 1. The van der Waals surface area contributed by atoms with Crippen LogP contribution in [0.5, 0.6) is 0 Å². The molecule has 0 aliphatic heterocycles. The zero-order valence-electron chi connectivity index (χ0n) is 12.4. The van der Waals surface area contributed by atoms with Crippen LogP contribution in [0, 0.1) is 16.0 Å². The standard InChI is InChI=1S/C16H16N2O3S/c1-3-6-11-14(16(19)20-4-2)13(12-7-5-8-21-12)10(9-17)15(22)18-11/h5,7-8H,3-4,6H2,1-2H3,(H,18,22). The van der Waals surface area contributed by atoms with Crippen molar-refractivity contribution in [1.29, 1.82) is 5.26 Å². The predicted octanol–water partition coefficient (Wildman–Crippen LogP) is 4.01. The Kier molecular flexibility index (Phi) is 5.12. The van der Waals surface area contributed by atoms with Crippen molar-refractivity contribution in [2.75, 3.05) is 6.61 Å². The van der Waals surface area contributed by atoms with Gasteiger partial charge in [0.15, 0.2) is 0 Å². The number of esters is 1. The van der Waals surface area contributed by atoms with E-state index in [1.54, 1.807) is 19.1 Å². The molecule has 22 heavy (non-hydrogen) atoms. The Morgan fingerprint density at radius 1 is 1.50 bits per heavy atom. The largest absolute Gasteiger partial charge is 0.464 e. The maximum Gasteiger partial charge on any atom is 0.340 e. The molecule has 2 heterocycles. The van der Waals surface area contributed by atoms with E-state index in [0.717, 1.165) is 6.42 Å². The number of ether oxygens (including phenoxy) is 1. The third-order valence-electron chi connectivity index (χ3n) is 3.15. The van der Waals surface area contributed by atoms with Gasteiger partial charge in [0.25, 0.3) is 0 Å². The topological polar surface area (TPSA) is 79.0 Å². The summed E-state index contributed by atoms with van der Waals surface area (Å²) in [6.07, 6.45) is 2.93. The molecule has 0 aliphatic carbocycles. The number of hydrogen-bond acceptors (Lipinski definition) is 5. The first kappa shape index (κ1) is 16.0. The monoisotopic (exact) mass is 316 g/mol. The highest BCUT2D eigenvalue weighted by molar-refractivity contribution is 7.71. The van der Waals surface area contributed by atoms with Crippen molar-refractivity contribution < 1.29 is 13.9 Å². The van der Waals surface area contributed by atoms with E-state index < -0.39 is 5.97 Å². The summed E-state index contributed by atoms with van der Waals surface area (Å²) in [5, 5.41) is 9.42. The lowest BCUT2D eigenvalue weighted by Crippen LogP contribution is -2.13. The van der Waals surface area contributed by atoms with Crippen LogP contribution in [0.2, 0.25) is 0 Å². The average Bonchev–Trinajstić information content (AvgIpc) is 3.01. The first-order valence-corrected chi connectivity index (χ1v) is 7.45. The molecule has 6 heteroatoms. The third-order valence-corrected chi connectivity index (χ3v) is 3.46. The molecule has 0 aromatic carbocycles. The van der Waals surface area contributed by atoms with Gasteiger partial charge in [0.2, 0.25) is 0 Å². The number of H-pyrrole nitrogens is 1. The minimum atomic E-state index is -0.486. The van der Waals surface area contributed by atoms with Crippen LogP contribution in [0.25, 0.3) is 11.3 Å². The minimum absolute atomic E-state index is 0.216. The van der Waals surface area contributed by atoms with Gasteiger partial charge in [-0.3, -0.25) is 0 Å². The van der Waals surface area contributed by atoms with Crippen LogP contribution in [0.1, 0.15) is 41.9 Å². The van der Waals surface area contributed by atoms with Crippen LogP contribution in [-0.2, 0) is 11.2 Å². The van der Waals surface area contributed by atoms with Crippen molar-refractivity contribution in [1.82, 2.24) is 4.98 Å². The first-order chi connectivity index (χ1) is 10.6. The Labute approximate surface area is 133 Å². The lowest BCUT2D eigenvalue weighted by Gasteiger charge is -2.14. The second-order valence-electron chi connectivity index (χ2n) is 4.62. The van der Waals surface area contributed by atoms with Gasteiger partial charge in [0.1, 0.15) is 16.5 Å². The van der Waals surface area contributed by atoms with E-state index in [2.05, 4.69) is 11.1 Å². The average molecular weight is 316 g/mol. The number of nitrogens with one attached hydrogen (secondary N) is 1. The Balaban J connectivity index is 2.83. The highest BCUT2D eigenvalue weighted by atomic mass is 32.1. The quantitative estimate of drug-likeness (QED) is 0.666. The molecule has 0 unspecified atom stereocenters. The number of nitriles is 1. The number of rotatable bonds is 5. The molecule has 0 saturated heterocycles. The lowest BCUT2D eigenvalue weighted by atomic mass is 9.97. The Bertz CT molecular complexity index is 770. The van der Waals surface area contributed by atoms with E-state index in [9.17, 15) is 10.1 Å². The number of nitrogens with zero attached hydrogens (tertiary/aromatic N) is 1. The van der Waals surface area contributed by atoms with E-state index in [1.165, 1.54) is 6.26 Å². The fourth-order valence-electron chi connectivity index (χ4n) is 2.29. The molecule has 0 bridgehead atoms. The van der Waals surface area contributed by atoms with Gasteiger partial charge in [-0.1, -0.05) is 25.6 Å². The van der Waals surface area contributed by atoms with E-state index in [0.29, 0.717) is 33.6 Å². The Morgan fingerprint density at radius 3 is 2.82 bits per heavy atom. The van der Waals surface area contributed by atoms with Crippen LogP contribution in [-0.4, -0.2) is 17.6 Å². The maximum absolute atomic E-state index is 12.4. The number of carbonyl (C=O) groups excluding carboxylic acids is 1. The van der Waals surface area contributed by atoms with Gasteiger partial charge in [-0.2, -0.15) is 5.26 Å². The zero-order chi connectivity index (χ0) is 16.1. The molecule has 0 atom stereocenters. The summed E-state index contributed by atoms with van der Waals surface area (Å²) in [6, 6.07) is 5.45. The number of aromatic nitrogens is 1. The van der Waals surface area contributed by atoms with Crippen molar-refractivity contribution >= 4 is 18.2 Å². The minimum Gasteiger partial charge on any atom is -0.464 e. The summed E-state index contributed by atoms with van der Waals surface area (Å²) < 4.78 is 10.8. The molecule has 0 aliphatic rings. The second-order valence-corrected chi connectivity index (χ2v) is 5.03. The van der Waals surface area contributed by atoms with Gasteiger partial charge in [-0.25, -0.2) is 4.79 Å². The van der Waals surface area contributed by atoms with Gasteiger partial charge < -0.3 is 14.1 Å². The summed E-state index contributed by atoms with van der Waals surface area (Å²) in [5.74, 6) is -0.0582. The lowest BCUT2D eigenvalue weighted by molar-refractivity contribution is 0.0525. The molecule has 2 aromatic rings. The number of pyridine rings is 1. The van der Waals surface area contributed by atoms with Crippen LogP contribution in [0.4, 0.5) is 0 Å². The molecule has 0 saturated carbocycles. The van der Waals surface area contributed by atoms with Gasteiger partial charge in [-0.15, -0.1) is 0 Å². The van der Waals surface area contributed by atoms with Crippen LogP contribution >= 0.6 is 12.2 Å². The molecule has 1 N–H and O–H groups in total.